The molecule has 258 valence electrons. The van der Waals surface area contributed by atoms with Crippen LogP contribution in [0.1, 0.15) is 59.7 Å². The van der Waals surface area contributed by atoms with E-state index in [1.165, 1.54) is 52.6 Å². The zero-order valence-electron chi connectivity index (χ0n) is 29.8. The molecule has 0 amide bonds. The first kappa shape index (κ1) is 37.4. The van der Waals surface area contributed by atoms with Crippen molar-refractivity contribution >= 4 is 10.1 Å². The normalized spacial score (nSPS) is 12.7. The molecule has 49 heavy (non-hydrogen) atoms. The summed E-state index contributed by atoms with van der Waals surface area (Å²) in [6, 6.07) is 41.3. The van der Waals surface area contributed by atoms with E-state index >= 15 is 0 Å². The fourth-order valence-electron chi connectivity index (χ4n) is 5.71. The number of aryl methyl sites for hydroxylation is 2. The van der Waals surface area contributed by atoms with Gasteiger partial charge in [-0.2, -0.15) is 8.42 Å². The molecule has 0 aliphatic rings. The van der Waals surface area contributed by atoms with Crippen molar-refractivity contribution in [2.24, 2.45) is 0 Å². The fourth-order valence-corrected chi connectivity index (χ4v) is 6.60. The molecule has 0 saturated carbocycles. The second-order valence-corrected chi connectivity index (χ2v) is 14.3. The zero-order chi connectivity index (χ0) is 35.7. The molecule has 0 aliphatic carbocycles. The Morgan fingerprint density at radius 1 is 0.490 bits per heavy atom. The predicted molar refractivity (Wildman–Crippen MR) is 197 cm³/mol. The molecule has 6 nitrogen and oxygen atoms in total. The third-order valence-corrected chi connectivity index (χ3v) is 10.5. The average molecular weight is 681 g/mol. The minimum absolute atomic E-state index is 0.0344. The molecule has 5 aromatic rings. The summed E-state index contributed by atoms with van der Waals surface area (Å²) < 4.78 is 43.3. The van der Waals surface area contributed by atoms with Crippen molar-refractivity contribution in [2.75, 3.05) is 34.5 Å². The van der Waals surface area contributed by atoms with E-state index in [-0.39, 0.29) is 28.9 Å². The van der Waals surface area contributed by atoms with Crippen LogP contribution in [0.4, 0.5) is 0 Å². The molecule has 5 aromatic carbocycles. The smallest absolute Gasteiger partial charge is 0.297 e. The van der Waals surface area contributed by atoms with Gasteiger partial charge in [-0.3, -0.25) is 4.18 Å². The highest BCUT2D eigenvalue weighted by atomic mass is 32.2. The van der Waals surface area contributed by atoms with Gasteiger partial charge in [-0.25, -0.2) is 0 Å². The molecular formula is C42H48O6S. The summed E-state index contributed by atoms with van der Waals surface area (Å²) in [5.41, 5.74) is 8.16. The van der Waals surface area contributed by atoms with E-state index in [9.17, 15) is 8.42 Å². The largest absolute Gasteiger partial charge is 0.497 e. The maximum absolute atomic E-state index is 11.5. The molecule has 1 atom stereocenters. The van der Waals surface area contributed by atoms with E-state index in [1.54, 1.807) is 26.4 Å². The molecule has 0 aliphatic heterocycles. The second kappa shape index (κ2) is 16.3. The Morgan fingerprint density at radius 3 is 1.24 bits per heavy atom. The first-order chi connectivity index (χ1) is 23.3. The highest BCUT2D eigenvalue weighted by Gasteiger charge is 2.32. The third kappa shape index (κ3) is 8.98. The van der Waals surface area contributed by atoms with E-state index < -0.39 is 10.1 Å². The summed E-state index contributed by atoms with van der Waals surface area (Å²) in [4.78, 5) is 0.171. The first-order valence-corrected chi connectivity index (χ1v) is 17.7. The van der Waals surface area contributed by atoms with Gasteiger partial charge >= 0.3 is 0 Å². The van der Waals surface area contributed by atoms with Crippen LogP contribution in [0.5, 0.6) is 11.5 Å². The molecule has 0 aromatic heterocycles. The Kier molecular flexibility index (Phi) is 12.4. The Bertz CT molecular complexity index is 1860. The van der Waals surface area contributed by atoms with Gasteiger partial charge in [0.25, 0.3) is 10.1 Å². The molecule has 0 spiro atoms. The summed E-state index contributed by atoms with van der Waals surface area (Å²) in [5, 5.41) is 0. The Morgan fingerprint density at radius 2 is 0.837 bits per heavy atom. The van der Waals surface area contributed by atoms with Gasteiger partial charge in [0.1, 0.15) is 11.5 Å². The standard InChI is InChI=1S/C32H34O2.C10H14O4S/c1-23-7-9-26(10-8-23)32(4,28-17-21-30(34-6)22-18-28)27-13-11-24(12-14-27)31(2,3)25-15-19-29(33-5)20-16-25;1-9-3-5-10(6-4-9)15(11,12)14-8-7-13-2/h7-22H,1-6H3;3-6H,7-8H2,1-2H3. The van der Waals surface area contributed by atoms with Crippen LogP contribution >= 0.6 is 0 Å². The summed E-state index contributed by atoms with van der Waals surface area (Å²) in [5.74, 6) is 1.75. The minimum Gasteiger partial charge on any atom is -0.497 e. The van der Waals surface area contributed by atoms with Gasteiger partial charge in [0.2, 0.25) is 0 Å². The number of methoxy groups -OCH3 is 3. The maximum atomic E-state index is 11.5. The van der Waals surface area contributed by atoms with E-state index in [2.05, 4.69) is 100 Å². The van der Waals surface area contributed by atoms with Gasteiger partial charge in [0.05, 0.1) is 32.3 Å². The lowest BCUT2D eigenvalue weighted by molar-refractivity contribution is 0.149. The van der Waals surface area contributed by atoms with Crippen molar-refractivity contribution in [3.05, 3.63) is 160 Å². The molecule has 0 radical (unpaired) electrons. The van der Waals surface area contributed by atoms with E-state index in [0.717, 1.165) is 17.1 Å². The topological polar surface area (TPSA) is 71.1 Å². The van der Waals surface area contributed by atoms with Gasteiger partial charge in [-0.1, -0.05) is 110 Å². The fraction of sp³-hybridized carbons (Fsp3) is 0.286. The van der Waals surface area contributed by atoms with Crippen LogP contribution in [0, 0.1) is 13.8 Å². The quantitative estimate of drug-likeness (QED) is 0.0744. The van der Waals surface area contributed by atoms with Crippen LogP contribution in [0.3, 0.4) is 0 Å². The van der Waals surface area contributed by atoms with E-state index in [4.69, 9.17) is 18.4 Å². The Labute approximate surface area is 292 Å². The van der Waals surface area contributed by atoms with Crippen LogP contribution in [0.2, 0.25) is 0 Å². The first-order valence-electron chi connectivity index (χ1n) is 16.3. The number of hydrogen-bond donors (Lipinski definition) is 0. The Balaban J connectivity index is 0.000000302. The van der Waals surface area contributed by atoms with Crippen molar-refractivity contribution in [1.29, 1.82) is 0 Å². The highest BCUT2D eigenvalue weighted by Crippen LogP contribution is 2.41. The number of ether oxygens (including phenoxy) is 3. The molecule has 1 unspecified atom stereocenters. The van der Waals surface area contributed by atoms with E-state index in [1.807, 2.05) is 31.2 Å². The SMILES string of the molecule is COCCOS(=O)(=O)c1ccc(C)cc1.COc1ccc(C(C)(C)c2ccc(C(C)(c3ccc(C)cc3)c3ccc(OC)cc3)cc2)cc1. The number of rotatable bonds is 12. The predicted octanol–water partition coefficient (Wildman–Crippen LogP) is 9.04. The summed E-state index contributed by atoms with van der Waals surface area (Å²) >= 11 is 0. The molecule has 0 bridgehead atoms. The maximum Gasteiger partial charge on any atom is 0.297 e. The van der Waals surface area contributed by atoms with Crippen LogP contribution in [-0.2, 0) is 29.9 Å². The van der Waals surface area contributed by atoms with Crippen LogP contribution in [0.15, 0.2) is 126 Å². The van der Waals surface area contributed by atoms with Gasteiger partial charge in [0, 0.05) is 17.9 Å². The third-order valence-electron chi connectivity index (χ3n) is 9.13. The lowest BCUT2D eigenvalue weighted by Gasteiger charge is -2.33. The van der Waals surface area contributed by atoms with Crippen molar-refractivity contribution in [1.82, 2.24) is 0 Å². The molecular weight excluding hydrogens is 633 g/mol. The van der Waals surface area contributed by atoms with Crippen molar-refractivity contribution in [2.45, 2.75) is 50.3 Å². The van der Waals surface area contributed by atoms with Gasteiger partial charge < -0.3 is 14.2 Å². The zero-order valence-corrected chi connectivity index (χ0v) is 30.6. The molecule has 0 heterocycles. The number of hydrogen-bond acceptors (Lipinski definition) is 6. The Hall–Kier alpha value is -4.43. The summed E-state index contributed by atoms with van der Waals surface area (Å²) in [6.07, 6.45) is 0. The molecule has 0 saturated heterocycles. The van der Waals surface area contributed by atoms with Crippen molar-refractivity contribution < 1.29 is 26.8 Å². The van der Waals surface area contributed by atoms with Gasteiger partial charge in [-0.05, 0) is 85.0 Å². The summed E-state index contributed by atoms with van der Waals surface area (Å²) in [7, 11) is 1.27. The average Bonchev–Trinajstić information content (AvgIpc) is 3.12. The molecule has 7 heteroatoms. The van der Waals surface area contributed by atoms with Crippen LogP contribution in [-0.4, -0.2) is 43.0 Å². The number of benzene rings is 5. The van der Waals surface area contributed by atoms with Crippen LogP contribution in [0.25, 0.3) is 0 Å². The second-order valence-electron chi connectivity index (χ2n) is 12.7. The van der Waals surface area contributed by atoms with E-state index in [0.29, 0.717) is 0 Å². The lowest BCUT2D eigenvalue weighted by Crippen LogP contribution is -2.26. The molecule has 0 fully saturated rings. The highest BCUT2D eigenvalue weighted by molar-refractivity contribution is 7.86. The van der Waals surface area contributed by atoms with Crippen molar-refractivity contribution in [3.63, 3.8) is 0 Å². The molecule has 5 rings (SSSR count). The monoisotopic (exact) mass is 680 g/mol. The summed E-state index contributed by atoms with van der Waals surface area (Å²) in [6.45, 7) is 11.2. The molecule has 0 N–H and O–H groups in total. The lowest BCUT2D eigenvalue weighted by atomic mass is 9.70. The minimum atomic E-state index is -3.63. The van der Waals surface area contributed by atoms with Crippen molar-refractivity contribution in [3.8, 4) is 11.5 Å². The van der Waals surface area contributed by atoms with Crippen LogP contribution < -0.4 is 9.47 Å². The van der Waals surface area contributed by atoms with Gasteiger partial charge in [0.15, 0.2) is 0 Å². The van der Waals surface area contributed by atoms with Gasteiger partial charge in [-0.15, -0.1) is 0 Å².